The number of halogens is 1. The van der Waals surface area contributed by atoms with Crippen LogP contribution in [-0.4, -0.2) is 18.5 Å². The van der Waals surface area contributed by atoms with Gasteiger partial charge in [0.1, 0.15) is 0 Å². The monoisotopic (exact) mass is 177 g/mol. The van der Waals surface area contributed by atoms with E-state index in [1.54, 1.807) is 0 Å². The lowest BCUT2D eigenvalue weighted by Crippen LogP contribution is -2.26. The minimum atomic E-state index is 0.639. The third-order valence-electron chi connectivity index (χ3n) is 1.79. The molecule has 0 aliphatic rings. The van der Waals surface area contributed by atoms with Crippen molar-refractivity contribution >= 4 is 11.6 Å². The summed E-state index contributed by atoms with van der Waals surface area (Å²) in [4.78, 5) is 0. The van der Waals surface area contributed by atoms with Crippen molar-refractivity contribution in [3.63, 3.8) is 0 Å². The largest absolute Gasteiger partial charge is 0.314 e. The second-order valence-corrected chi connectivity index (χ2v) is 3.42. The molecule has 0 amide bonds. The summed E-state index contributed by atoms with van der Waals surface area (Å²) in [5.41, 5.74) is 0. The number of alkyl halides is 1. The van der Waals surface area contributed by atoms with Gasteiger partial charge in [0.05, 0.1) is 0 Å². The second kappa shape index (κ2) is 8.35. The van der Waals surface area contributed by atoms with Gasteiger partial charge in [-0.1, -0.05) is 13.3 Å². The van der Waals surface area contributed by atoms with Crippen molar-refractivity contribution in [1.82, 2.24) is 5.32 Å². The van der Waals surface area contributed by atoms with Crippen molar-refractivity contribution in [3.05, 3.63) is 0 Å². The average Bonchev–Trinajstić information content (AvgIpc) is 2.01. The molecule has 0 saturated carbocycles. The molecule has 0 saturated heterocycles. The van der Waals surface area contributed by atoms with E-state index in [4.69, 9.17) is 11.6 Å². The molecule has 1 nitrogen and oxygen atoms in total. The van der Waals surface area contributed by atoms with Crippen LogP contribution in [-0.2, 0) is 0 Å². The van der Waals surface area contributed by atoms with Crippen molar-refractivity contribution in [2.45, 2.75) is 45.6 Å². The van der Waals surface area contributed by atoms with Crippen LogP contribution in [0.3, 0.4) is 0 Å². The molecule has 1 unspecified atom stereocenters. The maximum atomic E-state index is 5.58. The summed E-state index contributed by atoms with van der Waals surface area (Å²) < 4.78 is 0. The van der Waals surface area contributed by atoms with Crippen LogP contribution in [0.25, 0.3) is 0 Å². The molecule has 11 heavy (non-hydrogen) atoms. The topological polar surface area (TPSA) is 12.0 Å². The highest BCUT2D eigenvalue weighted by Gasteiger charge is 1.98. The molecule has 0 bridgehead atoms. The van der Waals surface area contributed by atoms with E-state index in [-0.39, 0.29) is 0 Å². The maximum absolute atomic E-state index is 5.58. The minimum absolute atomic E-state index is 0.639. The highest BCUT2D eigenvalue weighted by Crippen LogP contribution is 1.98. The third-order valence-corrected chi connectivity index (χ3v) is 2.06. The lowest BCUT2D eigenvalue weighted by Gasteiger charge is -2.11. The Morgan fingerprint density at radius 3 is 2.64 bits per heavy atom. The van der Waals surface area contributed by atoms with Gasteiger partial charge in [0, 0.05) is 11.9 Å². The smallest absolute Gasteiger partial charge is 0.0224 e. The van der Waals surface area contributed by atoms with Gasteiger partial charge >= 0.3 is 0 Å². The molecule has 0 rings (SSSR count). The molecule has 0 heterocycles. The molecule has 0 fully saturated rings. The van der Waals surface area contributed by atoms with Crippen molar-refractivity contribution in [2.24, 2.45) is 0 Å². The average molecular weight is 178 g/mol. The standard InChI is InChI=1S/C9H20ClN/c1-3-4-8-11-9(2)6-5-7-10/h9,11H,3-8H2,1-2H3. The highest BCUT2D eigenvalue weighted by atomic mass is 35.5. The summed E-state index contributed by atoms with van der Waals surface area (Å²) in [6.45, 7) is 5.59. The molecule has 1 atom stereocenters. The first-order chi connectivity index (χ1) is 5.31. The maximum Gasteiger partial charge on any atom is 0.0224 e. The quantitative estimate of drug-likeness (QED) is 0.466. The van der Waals surface area contributed by atoms with E-state index in [0.29, 0.717) is 6.04 Å². The van der Waals surface area contributed by atoms with E-state index < -0.39 is 0 Å². The zero-order valence-corrected chi connectivity index (χ0v) is 8.45. The predicted octanol–water partition coefficient (Wildman–Crippen LogP) is 2.78. The summed E-state index contributed by atoms with van der Waals surface area (Å²) in [7, 11) is 0. The van der Waals surface area contributed by atoms with Crippen molar-refractivity contribution in [3.8, 4) is 0 Å². The molecule has 1 N–H and O–H groups in total. The fraction of sp³-hybridized carbons (Fsp3) is 1.00. The zero-order valence-electron chi connectivity index (χ0n) is 7.70. The molecular formula is C9H20ClN. The fourth-order valence-corrected chi connectivity index (χ4v) is 1.16. The van der Waals surface area contributed by atoms with Crippen LogP contribution < -0.4 is 5.32 Å². The SMILES string of the molecule is CCCCNC(C)CCCCl. The Morgan fingerprint density at radius 2 is 2.09 bits per heavy atom. The Bertz CT molecular complexity index is 76.0. The van der Waals surface area contributed by atoms with Crippen molar-refractivity contribution in [2.75, 3.05) is 12.4 Å². The van der Waals surface area contributed by atoms with E-state index in [0.717, 1.165) is 18.8 Å². The first-order valence-electron chi connectivity index (χ1n) is 4.60. The van der Waals surface area contributed by atoms with Crippen LogP contribution in [0.15, 0.2) is 0 Å². The van der Waals surface area contributed by atoms with Gasteiger partial charge < -0.3 is 5.32 Å². The number of rotatable bonds is 7. The highest BCUT2D eigenvalue weighted by molar-refractivity contribution is 6.17. The molecule has 2 heteroatoms. The first-order valence-corrected chi connectivity index (χ1v) is 5.14. The minimum Gasteiger partial charge on any atom is -0.314 e. The first kappa shape index (κ1) is 11.2. The van der Waals surface area contributed by atoms with Crippen LogP contribution >= 0.6 is 11.6 Å². The van der Waals surface area contributed by atoms with Gasteiger partial charge in [-0.05, 0) is 32.7 Å². The van der Waals surface area contributed by atoms with Gasteiger partial charge in [-0.15, -0.1) is 11.6 Å². The molecule has 0 aromatic rings. The summed E-state index contributed by atoms with van der Waals surface area (Å²) in [5.74, 6) is 0.791. The van der Waals surface area contributed by atoms with Gasteiger partial charge in [0.2, 0.25) is 0 Å². The molecular weight excluding hydrogens is 158 g/mol. The molecule has 0 aromatic heterocycles. The van der Waals surface area contributed by atoms with E-state index in [1.165, 1.54) is 19.3 Å². The van der Waals surface area contributed by atoms with E-state index in [2.05, 4.69) is 19.2 Å². The molecule has 0 radical (unpaired) electrons. The van der Waals surface area contributed by atoms with Crippen molar-refractivity contribution in [1.29, 1.82) is 0 Å². The third kappa shape index (κ3) is 8.15. The molecule has 0 aliphatic carbocycles. The van der Waals surface area contributed by atoms with Gasteiger partial charge in [-0.3, -0.25) is 0 Å². The van der Waals surface area contributed by atoms with Gasteiger partial charge in [-0.2, -0.15) is 0 Å². The Labute approximate surface area is 75.5 Å². The number of hydrogen-bond acceptors (Lipinski definition) is 1. The van der Waals surface area contributed by atoms with Crippen LogP contribution in [0, 0.1) is 0 Å². The lowest BCUT2D eigenvalue weighted by molar-refractivity contribution is 0.500. The normalized spacial score (nSPS) is 13.4. The van der Waals surface area contributed by atoms with Crippen LogP contribution in [0.4, 0.5) is 0 Å². The van der Waals surface area contributed by atoms with Crippen molar-refractivity contribution < 1.29 is 0 Å². The van der Waals surface area contributed by atoms with E-state index in [1.807, 2.05) is 0 Å². The summed E-state index contributed by atoms with van der Waals surface area (Å²) in [5, 5.41) is 3.46. The van der Waals surface area contributed by atoms with Gasteiger partial charge in [-0.25, -0.2) is 0 Å². The predicted molar refractivity (Wildman–Crippen MR) is 52.3 cm³/mol. The summed E-state index contributed by atoms with van der Waals surface area (Å²) in [6.07, 6.45) is 4.88. The lowest BCUT2D eigenvalue weighted by atomic mass is 10.2. The Kier molecular flexibility index (Phi) is 8.54. The zero-order chi connectivity index (χ0) is 8.53. The van der Waals surface area contributed by atoms with Crippen LogP contribution in [0.1, 0.15) is 39.5 Å². The van der Waals surface area contributed by atoms with Gasteiger partial charge in [0.25, 0.3) is 0 Å². The summed E-state index contributed by atoms with van der Waals surface area (Å²) >= 11 is 5.58. The summed E-state index contributed by atoms with van der Waals surface area (Å²) in [6, 6.07) is 0.639. The Balaban J connectivity index is 3.02. The Morgan fingerprint density at radius 1 is 1.36 bits per heavy atom. The molecule has 0 aliphatic heterocycles. The molecule has 68 valence electrons. The number of hydrogen-bond donors (Lipinski definition) is 1. The number of nitrogens with one attached hydrogen (secondary N) is 1. The van der Waals surface area contributed by atoms with Crippen LogP contribution in [0.5, 0.6) is 0 Å². The second-order valence-electron chi connectivity index (χ2n) is 3.04. The van der Waals surface area contributed by atoms with Crippen LogP contribution in [0.2, 0.25) is 0 Å². The number of unbranched alkanes of at least 4 members (excludes halogenated alkanes) is 1. The fourth-order valence-electron chi connectivity index (χ4n) is 1.01. The molecule has 0 spiro atoms. The molecule has 0 aromatic carbocycles. The Hall–Kier alpha value is 0.250. The van der Waals surface area contributed by atoms with E-state index in [9.17, 15) is 0 Å². The van der Waals surface area contributed by atoms with E-state index >= 15 is 0 Å². The van der Waals surface area contributed by atoms with Gasteiger partial charge in [0.15, 0.2) is 0 Å².